The van der Waals surface area contributed by atoms with Crippen LogP contribution in [-0.2, 0) is 0 Å². The smallest absolute Gasteiger partial charge is 0.214 e. The molecule has 8 nitrogen and oxygen atoms in total. The van der Waals surface area contributed by atoms with Crippen molar-refractivity contribution in [2.24, 2.45) is 0 Å². The molecule has 0 atom stereocenters. The van der Waals surface area contributed by atoms with Crippen molar-refractivity contribution in [2.45, 2.75) is 18.9 Å². The highest BCUT2D eigenvalue weighted by Crippen LogP contribution is 2.36. The molecule has 3 aromatic rings. The fraction of sp³-hybridized carbons (Fsp3) is 0.368. The van der Waals surface area contributed by atoms with Crippen LogP contribution in [-0.4, -0.2) is 57.5 Å². The number of hydrogen-bond acceptors (Lipinski definition) is 7. The highest BCUT2D eigenvalue weighted by molar-refractivity contribution is 7.80. The Balaban J connectivity index is 1.38. The normalized spacial score (nSPS) is 14.6. The number of nitrogens with one attached hydrogen (secondary N) is 1. The van der Waals surface area contributed by atoms with Crippen molar-refractivity contribution in [3.05, 3.63) is 34.7 Å². The van der Waals surface area contributed by atoms with Crippen LogP contribution in [0.2, 0.25) is 5.02 Å². The number of methoxy groups -OCH3 is 2. The average molecular weight is 465 g/mol. The van der Waals surface area contributed by atoms with Crippen LogP contribution in [0, 0.1) is 0 Å². The maximum absolute atomic E-state index is 6.18. The zero-order valence-electron chi connectivity index (χ0n) is 16.5. The monoisotopic (exact) mass is 464 g/mol. The summed E-state index contributed by atoms with van der Waals surface area (Å²) in [6, 6.07) is 7.68. The Bertz CT molecular complexity index is 1020. The minimum atomic E-state index is 0.204. The molecule has 1 fully saturated rings. The van der Waals surface area contributed by atoms with Gasteiger partial charge < -0.3 is 19.7 Å². The van der Waals surface area contributed by atoms with Crippen LogP contribution in [0.15, 0.2) is 29.6 Å². The Morgan fingerprint density at radius 1 is 1.23 bits per heavy atom. The Morgan fingerprint density at radius 3 is 2.67 bits per heavy atom. The fourth-order valence-corrected chi connectivity index (χ4v) is 4.51. The molecule has 30 heavy (non-hydrogen) atoms. The van der Waals surface area contributed by atoms with Crippen molar-refractivity contribution >= 4 is 46.0 Å². The van der Waals surface area contributed by atoms with Gasteiger partial charge in [0.25, 0.3) is 0 Å². The first-order valence-electron chi connectivity index (χ1n) is 9.40. The number of nitrogens with zero attached hydrogens (tertiary/aromatic N) is 5. The van der Waals surface area contributed by atoms with Gasteiger partial charge in [-0.3, -0.25) is 0 Å². The van der Waals surface area contributed by atoms with Gasteiger partial charge in [-0.25, -0.2) is 0 Å². The molecule has 1 aromatic carbocycles. The molecule has 0 amide bonds. The van der Waals surface area contributed by atoms with Crippen LogP contribution < -0.4 is 14.8 Å². The van der Waals surface area contributed by atoms with Crippen LogP contribution in [0.3, 0.4) is 0 Å². The zero-order chi connectivity index (χ0) is 21.1. The molecule has 1 N–H and O–H groups in total. The van der Waals surface area contributed by atoms with Gasteiger partial charge in [-0.2, -0.15) is 4.80 Å². The molecule has 0 saturated carbocycles. The lowest BCUT2D eigenvalue weighted by atomic mass is 10.1. The molecule has 158 valence electrons. The van der Waals surface area contributed by atoms with Crippen LogP contribution in [0.25, 0.3) is 10.7 Å². The van der Waals surface area contributed by atoms with E-state index in [4.69, 9.17) is 33.3 Å². The fourth-order valence-electron chi connectivity index (χ4n) is 3.34. The number of rotatable bonds is 5. The average Bonchev–Trinajstić information content (AvgIpc) is 3.46. The van der Waals surface area contributed by atoms with Gasteiger partial charge in [0.2, 0.25) is 5.82 Å². The Kier molecular flexibility index (Phi) is 6.35. The van der Waals surface area contributed by atoms with E-state index in [-0.39, 0.29) is 6.04 Å². The van der Waals surface area contributed by atoms with E-state index in [1.807, 2.05) is 17.5 Å². The number of thiocarbonyl (C=S) groups is 1. The van der Waals surface area contributed by atoms with Gasteiger partial charge in [0.1, 0.15) is 11.5 Å². The number of hydrogen-bond donors (Lipinski definition) is 1. The largest absolute Gasteiger partial charge is 0.495 e. The molecular weight excluding hydrogens is 444 g/mol. The Hall–Kier alpha value is -2.43. The second kappa shape index (κ2) is 9.15. The maximum atomic E-state index is 6.18. The molecule has 0 aliphatic carbocycles. The van der Waals surface area contributed by atoms with E-state index in [0.29, 0.717) is 33.1 Å². The van der Waals surface area contributed by atoms with Crippen molar-refractivity contribution in [3.8, 4) is 22.2 Å². The summed E-state index contributed by atoms with van der Waals surface area (Å²) in [6.07, 6.45) is 1.76. The third-order valence-corrected chi connectivity index (χ3v) is 6.49. The second-order valence-electron chi connectivity index (χ2n) is 6.75. The number of tetrazole rings is 1. The predicted molar refractivity (Wildman–Crippen MR) is 122 cm³/mol. The number of aromatic nitrogens is 4. The molecule has 11 heteroatoms. The Labute approximate surface area is 188 Å². The molecule has 1 aliphatic heterocycles. The minimum absolute atomic E-state index is 0.204. The number of ether oxygens (including phenoxy) is 2. The summed E-state index contributed by atoms with van der Waals surface area (Å²) in [6.45, 7) is 1.58. The predicted octanol–water partition coefficient (Wildman–Crippen LogP) is 4.11. The third-order valence-electron chi connectivity index (χ3n) is 4.96. The summed E-state index contributed by atoms with van der Waals surface area (Å²) in [5.41, 5.74) is 0.712. The lowest BCUT2D eigenvalue weighted by Crippen LogP contribution is -2.41. The Morgan fingerprint density at radius 2 is 2.00 bits per heavy atom. The first-order chi connectivity index (χ1) is 14.6. The van der Waals surface area contributed by atoms with E-state index in [1.54, 1.807) is 42.5 Å². The van der Waals surface area contributed by atoms with Gasteiger partial charge in [-0.15, -0.1) is 21.5 Å². The number of piperidine rings is 1. The number of likely N-dealkylation sites (tertiary alicyclic amines) is 1. The molecule has 0 unspecified atom stereocenters. The summed E-state index contributed by atoms with van der Waals surface area (Å²) in [5.74, 6) is 1.83. The molecule has 0 radical (unpaired) electrons. The highest BCUT2D eigenvalue weighted by atomic mass is 35.5. The van der Waals surface area contributed by atoms with Gasteiger partial charge >= 0.3 is 0 Å². The van der Waals surface area contributed by atoms with Crippen LogP contribution in [0.4, 0.5) is 5.69 Å². The molecule has 1 aliphatic rings. The van der Waals surface area contributed by atoms with E-state index in [1.165, 1.54) is 0 Å². The van der Waals surface area contributed by atoms with Gasteiger partial charge in [-0.05, 0) is 41.7 Å². The number of anilines is 1. The molecule has 3 heterocycles. The quantitative estimate of drug-likeness (QED) is 0.565. The summed E-state index contributed by atoms with van der Waals surface area (Å²) >= 11 is 13.4. The molecule has 4 rings (SSSR count). The maximum Gasteiger partial charge on any atom is 0.214 e. The van der Waals surface area contributed by atoms with E-state index in [2.05, 4.69) is 25.6 Å². The first-order valence-corrected chi connectivity index (χ1v) is 11.1. The van der Waals surface area contributed by atoms with Crippen molar-refractivity contribution in [3.63, 3.8) is 0 Å². The van der Waals surface area contributed by atoms with Crippen molar-refractivity contribution in [2.75, 3.05) is 32.6 Å². The topological polar surface area (TPSA) is 77.3 Å². The van der Waals surface area contributed by atoms with Crippen molar-refractivity contribution in [1.82, 2.24) is 25.1 Å². The van der Waals surface area contributed by atoms with E-state index in [9.17, 15) is 0 Å². The van der Waals surface area contributed by atoms with E-state index < -0.39 is 0 Å². The van der Waals surface area contributed by atoms with Gasteiger partial charge in [0, 0.05) is 25.2 Å². The van der Waals surface area contributed by atoms with Crippen LogP contribution in [0.1, 0.15) is 18.9 Å². The minimum Gasteiger partial charge on any atom is -0.495 e. The SMILES string of the molecule is COc1cc(NC(=S)N2CCC(n3nnc(-c4cccs4)n3)CC2)c(OC)cc1Cl. The second-order valence-corrected chi connectivity index (χ2v) is 8.49. The third kappa shape index (κ3) is 4.35. The molecule has 2 aromatic heterocycles. The van der Waals surface area contributed by atoms with Crippen LogP contribution >= 0.6 is 35.2 Å². The molecular formula is C19H21ClN6O2S2. The van der Waals surface area contributed by atoms with Crippen molar-refractivity contribution < 1.29 is 9.47 Å². The van der Waals surface area contributed by atoms with Gasteiger partial charge in [-0.1, -0.05) is 17.7 Å². The van der Waals surface area contributed by atoms with E-state index >= 15 is 0 Å². The first kappa shape index (κ1) is 20.8. The number of thiophene rings is 1. The number of benzene rings is 1. The highest BCUT2D eigenvalue weighted by Gasteiger charge is 2.25. The summed E-state index contributed by atoms with van der Waals surface area (Å²) in [4.78, 5) is 4.88. The van der Waals surface area contributed by atoms with E-state index in [0.717, 1.165) is 30.8 Å². The molecule has 1 saturated heterocycles. The van der Waals surface area contributed by atoms with Gasteiger partial charge in [0.05, 0.1) is 35.8 Å². The summed E-state index contributed by atoms with van der Waals surface area (Å²) in [7, 11) is 3.16. The standard InChI is InChI=1S/C19H21ClN6O2S2/c1-27-15-11-14(16(28-2)10-13(15)20)21-19(29)25-7-5-12(6-8-25)26-23-18(22-24-26)17-4-3-9-30-17/h3-4,9-12H,5-8H2,1-2H3,(H,21,29). The summed E-state index contributed by atoms with van der Waals surface area (Å²) in [5, 5.41) is 19.4. The molecule has 0 bridgehead atoms. The lowest BCUT2D eigenvalue weighted by Gasteiger charge is -2.33. The zero-order valence-corrected chi connectivity index (χ0v) is 18.9. The van der Waals surface area contributed by atoms with Crippen LogP contribution in [0.5, 0.6) is 11.5 Å². The van der Waals surface area contributed by atoms with Crippen molar-refractivity contribution in [1.29, 1.82) is 0 Å². The van der Waals surface area contributed by atoms with Gasteiger partial charge in [0.15, 0.2) is 5.11 Å². The molecule has 0 spiro atoms. The number of halogens is 1. The summed E-state index contributed by atoms with van der Waals surface area (Å²) < 4.78 is 10.7. The lowest BCUT2D eigenvalue weighted by molar-refractivity contribution is 0.238.